The molecule has 0 unspecified atom stereocenters. The van der Waals surface area contributed by atoms with Crippen LogP contribution in [0.3, 0.4) is 0 Å². The van der Waals surface area contributed by atoms with E-state index in [2.05, 4.69) is 37.2 Å². The molecular weight excluding hydrogens is 913 g/mol. The molecule has 0 radical (unpaired) electrons. The van der Waals surface area contributed by atoms with Crippen LogP contribution in [0.4, 0.5) is 0 Å². The van der Waals surface area contributed by atoms with E-state index in [1.165, 1.54) is 6.92 Å². The lowest BCUT2D eigenvalue weighted by molar-refractivity contribution is -0.143. The number of amides is 7. The van der Waals surface area contributed by atoms with Crippen LogP contribution in [-0.2, 0) is 60.8 Å². The van der Waals surface area contributed by atoms with Gasteiger partial charge < -0.3 is 63.4 Å². The second-order valence-electron chi connectivity index (χ2n) is 18.3. The Labute approximate surface area is 407 Å². The highest BCUT2D eigenvalue weighted by Crippen LogP contribution is 2.14. The van der Waals surface area contributed by atoms with E-state index in [0.717, 1.165) is 0 Å². The maximum absolute atomic E-state index is 14.1. The summed E-state index contributed by atoms with van der Waals surface area (Å²) in [5.74, 6) is -11.4. The quantitative estimate of drug-likeness (QED) is 0.0480. The molecule has 2 aromatic rings. The fourth-order valence-electron chi connectivity index (χ4n) is 7.04. The number of carbonyl (C=O) groups is 10. The Morgan fingerprint density at radius 3 is 1.41 bits per heavy atom. The molecule has 13 N–H and O–H groups in total. The summed E-state index contributed by atoms with van der Waals surface area (Å²) in [5.41, 5.74) is 7.05. The molecule has 0 bridgehead atoms. The van der Waals surface area contributed by atoms with Gasteiger partial charge in [0.2, 0.25) is 35.4 Å². The highest BCUT2D eigenvalue weighted by Gasteiger charge is 2.37. The molecule has 22 nitrogen and oxygen atoms in total. The third kappa shape index (κ3) is 20.7. The number of nitrogens with one attached hydrogen (secondary N) is 7. The summed E-state index contributed by atoms with van der Waals surface area (Å²) in [5, 5.41) is 57.2. The lowest BCUT2D eigenvalue weighted by Gasteiger charge is -2.30. The number of aliphatic hydroxyl groups is 1. The van der Waals surface area contributed by atoms with Crippen LogP contribution in [0.15, 0.2) is 60.7 Å². The number of aliphatic carboxylic acids is 3. The third-order valence-electron chi connectivity index (χ3n) is 11.0. The molecule has 0 aliphatic carbocycles. The average molecular weight is 983 g/mol. The molecule has 2 aromatic carbocycles. The molecule has 0 fully saturated rings. The number of carboxylic acid groups (broad SMARTS) is 3. The Morgan fingerprint density at radius 2 is 0.929 bits per heavy atom. The molecule has 22 heteroatoms. The van der Waals surface area contributed by atoms with E-state index in [1.54, 1.807) is 102 Å². The first-order valence-corrected chi connectivity index (χ1v) is 23.1. The van der Waals surface area contributed by atoms with Gasteiger partial charge in [-0.25, -0.2) is 4.79 Å². The van der Waals surface area contributed by atoms with E-state index in [0.29, 0.717) is 11.1 Å². The lowest BCUT2D eigenvalue weighted by Crippen LogP contribution is -2.61. The molecule has 0 spiro atoms. The van der Waals surface area contributed by atoms with Crippen molar-refractivity contribution >= 4 is 59.3 Å². The van der Waals surface area contributed by atoms with Gasteiger partial charge in [0, 0.05) is 19.3 Å². The number of carboxylic acids is 3. The van der Waals surface area contributed by atoms with Crippen LogP contribution >= 0.6 is 0 Å². The fourth-order valence-corrected chi connectivity index (χ4v) is 7.04. The van der Waals surface area contributed by atoms with Crippen LogP contribution in [0.2, 0.25) is 0 Å². The van der Waals surface area contributed by atoms with Crippen molar-refractivity contribution in [3.05, 3.63) is 71.8 Å². The number of hydrogen-bond donors (Lipinski definition) is 12. The van der Waals surface area contributed by atoms with Crippen molar-refractivity contribution in [2.75, 3.05) is 0 Å². The van der Waals surface area contributed by atoms with Crippen molar-refractivity contribution in [1.82, 2.24) is 37.2 Å². The van der Waals surface area contributed by atoms with Gasteiger partial charge in [-0.3, -0.25) is 43.2 Å². The number of hydrogen-bond acceptors (Lipinski definition) is 12. The summed E-state index contributed by atoms with van der Waals surface area (Å²) < 4.78 is 0. The Morgan fingerprint density at radius 1 is 0.486 bits per heavy atom. The predicted octanol–water partition coefficient (Wildman–Crippen LogP) is -0.254. The zero-order valence-electron chi connectivity index (χ0n) is 40.6. The Kier molecular flexibility index (Phi) is 24.7. The minimum atomic E-state index is -2.01. The molecule has 9 atom stereocenters. The van der Waals surface area contributed by atoms with Crippen molar-refractivity contribution in [3.63, 3.8) is 0 Å². The SMILES string of the molecule is CC(C)C[C@H](NC(=O)[C@@H](NC(=O)[C@@H](N)CCC(=O)O)C(C)C)C(=O)N[C@@H](Cc1ccccc1)[C@@H](O)C(=O)N[C@H](C(=O)N[C@@H](C)C(=O)N[C@@H](CCC(=O)O)C(=O)N[C@@H](Cc1ccccc1)C(=O)O)C(C)C. The van der Waals surface area contributed by atoms with E-state index in [4.69, 9.17) is 10.8 Å². The summed E-state index contributed by atoms with van der Waals surface area (Å²) >= 11 is 0. The first-order valence-electron chi connectivity index (χ1n) is 23.1. The molecule has 7 amide bonds. The summed E-state index contributed by atoms with van der Waals surface area (Å²) in [6, 6.07) is 6.16. The van der Waals surface area contributed by atoms with Crippen LogP contribution < -0.4 is 43.0 Å². The van der Waals surface area contributed by atoms with Gasteiger partial charge in [0.15, 0.2) is 6.10 Å². The van der Waals surface area contributed by atoms with Crippen molar-refractivity contribution in [3.8, 4) is 0 Å². The van der Waals surface area contributed by atoms with Crippen molar-refractivity contribution < 1.29 is 68.4 Å². The van der Waals surface area contributed by atoms with Crippen LogP contribution in [0.5, 0.6) is 0 Å². The summed E-state index contributed by atoms with van der Waals surface area (Å²) in [6.07, 6.45) is -3.70. The second-order valence-corrected chi connectivity index (χ2v) is 18.3. The molecular formula is C48H70N8O14. The Bertz CT molecular complexity index is 2110. The average Bonchev–Trinajstić information content (AvgIpc) is 3.29. The number of benzene rings is 2. The Balaban J connectivity index is 2.29. The molecule has 0 heterocycles. The van der Waals surface area contributed by atoms with E-state index >= 15 is 0 Å². The maximum atomic E-state index is 14.1. The number of nitrogens with two attached hydrogens (primary N) is 1. The van der Waals surface area contributed by atoms with Crippen molar-refractivity contribution in [2.45, 2.75) is 148 Å². The van der Waals surface area contributed by atoms with Gasteiger partial charge in [-0.2, -0.15) is 0 Å². The van der Waals surface area contributed by atoms with Gasteiger partial charge in [-0.15, -0.1) is 0 Å². The number of carbonyl (C=O) groups excluding carboxylic acids is 7. The van der Waals surface area contributed by atoms with Crippen LogP contribution in [0.25, 0.3) is 0 Å². The Hall–Kier alpha value is -6.94. The predicted molar refractivity (Wildman–Crippen MR) is 254 cm³/mol. The largest absolute Gasteiger partial charge is 0.481 e. The molecule has 0 aliphatic rings. The first-order chi connectivity index (χ1) is 32.8. The zero-order chi connectivity index (χ0) is 52.8. The molecule has 0 saturated heterocycles. The number of aliphatic hydroxyl groups excluding tert-OH is 1. The maximum Gasteiger partial charge on any atom is 0.326 e. The third-order valence-corrected chi connectivity index (χ3v) is 11.0. The van der Waals surface area contributed by atoms with Crippen molar-refractivity contribution in [1.29, 1.82) is 0 Å². The van der Waals surface area contributed by atoms with Crippen LogP contribution in [0.1, 0.15) is 91.7 Å². The molecule has 0 aliphatic heterocycles. The van der Waals surface area contributed by atoms with E-state index in [-0.39, 0.29) is 38.0 Å². The van der Waals surface area contributed by atoms with Gasteiger partial charge in [0.25, 0.3) is 5.91 Å². The monoisotopic (exact) mass is 983 g/mol. The molecule has 386 valence electrons. The fraction of sp³-hybridized carbons (Fsp3) is 0.542. The molecule has 70 heavy (non-hydrogen) atoms. The van der Waals surface area contributed by atoms with E-state index in [9.17, 15) is 63.3 Å². The standard InChI is InChI=1S/C48H70N8O14/c1-25(2)22-34(53-46(67)39(27(5)6)55-42(63)31(49)18-20-36(57)58)44(65)52-33(23-29-14-10-8-11-15-29)40(61)47(68)56-38(26(3)4)45(66)50-28(7)41(62)51-32(19-21-37(59)60)43(64)54-35(48(69)70)24-30-16-12-9-13-17-30/h8-17,25-28,31-35,38-40,61H,18-24,49H2,1-7H3,(H,50,66)(H,51,62)(H,52,65)(H,53,67)(H,54,64)(H,55,63)(H,56,68)(H,57,58)(H,59,60)(H,69,70)/t28-,31-,32-,33-,34-,35-,38-,39-,40+/m0/s1. The summed E-state index contributed by atoms with van der Waals surface area (Å²) in [4.78, 5) is 129. The van der Waals surface area contributed by atoms with E-state index < -0.39 is 138 Å². The highest BCUT2D eigenvalue weighted by atomic mass is 16.4. The molecule has 2 rings (SSSR count). The van der Waals surface area contributed by atoms with Gasteiger partial charge in [0.05, 0.1) is 12.1 Å². The first kappa shape index (κ1) is 59.2. The number of rotatable bonds is 30. The van der Waals surface area contributed by atoms with Gasteiger partial charge in [-0.1, -0.05) is 102 Å². The molecule has 0 aromatic heterocycles. The van der Waals surface area contributed by atoms with Gasteiger partial charge in [0.1, 0.15) is 36.3 Å². The zero-order valence-corrected chi connectivity index (χ0v) is 40.6. The topological polar surface area (TPSA) is 362 Å². The van der Waals surface area contributed by atoms with Crippen LogP contribution in [0, 0.1) is 17.8 Å². The highest BCUT2D eigenvalue weighted by molar-refractivity contribution is 5.96. The van der Waals surface area contributed by atoms with Crippen molar-refractivity contribution in [2.24, 2.45) is 23.5 Å². The minimum Gasteiger partial charge on any atom is -0.481 e. The van der Waals surface area contributed by atoms with Crippen LogP contribution in [-0.4, -0.2) is 134 Å². The van der Waals surface area contributed by atoms with Gasteiger partial charge >= 0.3 is 17.9 Å². The molecule has 0 saturated carbocycles. The second kappa shape index (κ2) is 29.2. The summed E-state index contributed by atoms with van der Waals surface area (Å²) in [7, 11) is 0. The lowest BCUT2D eigenvalue weighted by atomic mass is 9.96. The van der Waals surface area contributed by atoms with E-state index in [1.807, 2.05) is 0 Å². The minimum absolute atomic E-state index is 0.0816. The summed E-state index contributed by atoms with van der Waals surface area (Å²) in [6.45, 7) is 11.3. The van der Waals surface area contributed by atoms with Gasteiger partial charge in [-0.05, 0) is 61.5 Å². The normalized spacial score (nSPS) is 15.1. The smallest absolute Gasteiger partial charge is 0.326 e.